The zero-order valence-corrected chi connectivity index (χ0v) is 22.2. The monoisotopic (exact) mass is 507 g/mol. The minimum absolute atomic E-state index is 0.310. The van der Waals surface area contributed by atoms with Gasteiger partial charge in [0.05, 0.1) is 0 Å². The highest BCUT2D eigenvalue weighted by Gasteiger charge is 2.43. The molecule has 3 aliphatic rings. The van der Waals surface area contributed by atoms with Crippen molar-refractivity contribution in [1.82, 2.24) is 5.32 Å². The number of hydrogen-bond donors (Lipinski definition) is 1. The summed E-state index contributed by atoms with van der Waals surface area (Å²) in [5.74, 6) is 0.764. The fourth-order valence-corrected chi connectivity index (χ4v) is 9.06. The van der Waals surface area contributed by atoms with Crippen LogP contribution in [0.3, 0.4) is 0 Å². The molecule has 0 unspecified atom stereocenters. The molecule has 0 saturated carbocycles. The van der Waals surface area contributed by atoms with Crippen LogP contribution < -0.4 is 21.2 Å². The van der Waals surface area contributed by atoms with Crippen LogP contribution in [0.15, 0.2) is 140 Å². The van der Waals surface area contributed by atoms with Crippen LogP contribution in [-0.2, 0) is 0 Å². The van der Waals surface area contributed by atoms with E-state index in [-0.39, 0.29) is 0 Å². The SMILES string of the molecule is C=C(N[C@H]1CC2c3ccccc3C1c1ccccc12)c1ccccc1P(c1ccccc1)c1ccccc1. The second-order valence-corrected chi connectivity index (χ2v) is 12.5. The molecular formula is C36H30NP. The Morgan fingerprint density at radius 2 is 1.05 bits per heavy atom. The zero-order chi connectivity index (χ0) is 25.5. The average Bonchev–Trinajstić information content (AvgIpc) is 2.99. The third-order valence-corrected chi connectivity index (χ3v) is 10.7. The molecule has 0 fully saturated rings. The van der Waals surface area contributed by atoms with E-state index in [1.807, 2.05) is 0 Å². The smallest absolute Gasteiger partial charge is 0.0379 e. The number of nitrogens with one attached hydrogen (secondary N) is 1. The highest BCUT2D eigenvalue weighted by Crippen LogP contribution is 2.53. The first-order valence-corrected chi connectivity index (χ1v) is 14.8. The van der Waals surface area contributed by atoms with Gasteiger partial charge >= 0.3 is 0 Å². The normalized spacial score (nSPS) is 19.0. The molecule has 5 aromatic carbocycles. The lowest BCUT2D eigenvalue weighted by molar-refractivity contribution is 0.411. The fraction of sp³-hybridized carbons (Fsp3) is 0.111. The van der Waals surface area contributed by atoms with Crippen LogP contribution in [0.2, 0.25) is 0 Å². The molecule has 38 heavy (non-hydrogen) atoms. The van der Waals surface area contributed by atoms with E-state index in [0.717, 1.165) is 12.1 Å². The Hall–Kier alpha value is -3.93. The Morgan fingerprint density at radius 1 is 0.579 bits per heavy atom. The summed E-state index contributed by atoms with van der Waals surface area (Å²) in [6, 6.07) is 49.1. The molecule has 0 spiro atoms. The van der Waals surface area contributed by atoms with Crippen LogP contribution in [0.5, 0.6) is 0 Å². The maximum atomic E-state index is 4.64. The average molecular weight is 508 g/mol. The van der Waals surface area contributed by atoms with Gasteiger partial charge in [-0.1, -0.05) is 140 Å². The molecule has 0 aliphatic heterocycles. The van der Waals surface area contributed by atoms with Crippen molar-refractivity contribution in [3.05, 3.63) is 168 Å². The quantitative estimate of drug-likeness (QED) is 0.243. The summed E-state index contributed by atoms with van der Waals surface area (Å²) in [5, 5.41) is 8.02. The summed E-state index contributed by atoms with van der Waals surface area (Å²) >= 11 is 0. The van der Waals surface area contributed by atoms with Crippen molar-refractivity contribution < 1.29 is 0 Å². The molecule has 0 aromatic heterocycles. The van der Waals surface area contributed by atoms with Crippen molar-refractivity contribution in [3.8, 4) is 0 Å². The molecule has 2 bridgehead atoms. The van der Waals surface area contributed by atoms with Crippen LogP contribution in [-0.4, -0.2) is 6.04 Å². The van der Waals surface area contributed by atoms with E-state index >= 15 is 0 Å². The first-order chi connectivity index (χ1) is 18.8. The Bertz CT molecular complexity index is 1520. The minimum atomic E-state index is -0.714. The van der Waals surface area contributed by atoms with Gasteiger partial charge in [0, 0.05) is 29.1 Å². The van der Waals surface area contributed by atoms with Gasteiger partial charge in [-0.2, -0.15) is 0 Å². The minimum Gasteiger partial charge on any atom is -0.381 e. The number of fused-ring (bicyclic) bond motifs is 1. The Balaban J connectivity index is 1.27. The molecule has 1 N–H and O–H groups in total. The van der Waals surface area contributed by atoms with Crippen molar-refractivity contribution in [2.75, 3.05) is 0 Å². The standard InChI is InChI=1S/C36H30NP/c1-25(37-34-24-33-29-19-8-10-21-31(29)36(34)32-22-11-9-20-30(32)33)28-18-12-13-23-35(28)38(26-14-4-2-5-15-26)27-16-6-3-7-17-27/h2-23,33-34,36-37H,1,24H2/t33?,34-,36?/m0/s1. The van der Waals surface area contributed by atoms with Gasteiger partial charge in [0.25, 0.3) is 0 Å². The lowest BCUT2D eigenvalue weighted by Gasteiger charge is -2.46. The maximum Gasteiger partial charge on any atom is 0.0379 e. The van der Waals surface area contributed by atoms with Crippen molar-refractivity contribution in [1.29, 1.82) is 0 Å². The lowest BCUT2D eigenvalue weighted by Crippen LogP contribution is -2.43. The zero-order valence-electron chi connectivity index (χ0n) is 21.3. The molecule has 0 radical (unpaired) electrons. The third kappa shape index (κ3) is 3.90. The van der Waals surface area contributed by atoms with Crippen molar-refractivity contribution >= 4 is 29.5 Å². The van der Waals surface area contributed by atoms with E-state index in [2.05, 4.69) is 145 Å². The first-order valence-electron chi connectivity index (χ1n) is 13.4. The van der Waals surface area contributed by atoms with Gasteiger partial charge < -0.3 is 5.32 Å². The van der Waals surface area contributed by atoms with Crippen LogP contribution in [0.1, 0.15) is 46.1 Å². The summed E-state index contributed by atoms with van der Waals surface area (Å²) in [7, 11) is -0.714. The van der Waals surface area contributed by atoms with Crippen LogP contribution in [0, 0.1) is 0 Å². The van der Waals surface area contributed by atoms with Crippen LogP contribution in [0.25, 0.3) is 5.70 Å². The molecule has 8 rings (SSSR count). The highest BCUT2D eigenvalue weighted by atomic mass is 31.1. The first kappa shape index (κ1) is 23.2. The largest absolute Gasteiger partial charge is 0.381 e. The van der Waals surface area contributed by atoms with E-state index in [4.69, 9.17) is 0 Å². The molecule has 1 atom stereocenters. The summed E-state index contributed by atoms with van der Waals surface area (Å²) in [6.45, 7) is 4.64. The third-order valence-electron chi connectivity index (χ3n) is 8.16. The number of benzene rings is 5. The Kier molecular flexibility index (Phi) is 5.95. The molecule has 2 heteroatoms. The van der Waals surface area contributed by atoms with Crippen molar-refractivity contribution in [2.24, 2.45) is 0 Å². The van der Waals surface area contributed by atoms with E-state index < -0.39 is 7.92 Å². The summed E-state index contributed by atoms with van der Waals surface area (Å²) in [5.41, 5.74) is 8.17. The molecular weight excluding hydrogens is 477 g/mol. The molecule has 0 heterocycles. The number of hydrogen-bond acceptors (Lipinski definition) is 1. The van der Waals surface area contributed by atoms with Crippen LogP contribution in [0.4, 0.5) is 0 Å². The molecule has 184 valence electrons. The Labute approximate surface area is 226 Å². The maximum absolute atomic E-state index is 4.64. The van der Waals surface area contributed by atoms with Gasteiger partial charge in [-0.05, 0) is 52.5 Å². The van der Waals surface area contributed by atoms with Crippen LogP contribution >= 0.6 is 7.92 Å². The van der Waals surface area contributed by atoms with Crippen molar-refractivity contribution in [2.45, 2.75) is 24.3 Å². The molecule has 0 amide bonds. The molecule has 1 nitrogen and oxygen atoms in total. The van der Waals surface area contributed by atoms with E-state index in [1.54, 1.807) is 0 Å². The van der Waals surface area contributed by atoms with E-state index in [1.165, 1.54) is 43.7 Å². The van der Waals surface area contributed by atoms with Gasteiger partial charge in [0.2, 0.25) is 0 Å². The van der Waals surface area contributed by atoms with Gasteiger partial charge in [0.15, 0.2) is 0 Å². The van der Waals surface area contributed by atoms with Gasteiger partial charge in [0.1, 0.15) is 0 Å². The summed E-state index contributed by atoms with van der Waals surface area (Å²) < 4.78 is 0. The van der Waals surface area contributed by atoms with Gasteiger partial charge in [-0.15, -0.1) is 0 Å². The second-order valence-electron chi connectivity index (χ2n) is 10.3. The van der Waals surface area contributed by atoms with Gasteiger partial charge in [-0.3, -0.25) is 0 Å². The molecule has 0 saturated heterocycles. The number of rotatable bonds is 6. The van der Waals surface area contributed by atoms with Crippen molar-refractivity contribution in [3.63, 3.8) is 0 Å². The molecule has 3 aliphatic carbocycles. The van der Waals surface area contributed by atoms with E-state index in [0.29, 0.717) is 17.9 Å². The molecule has 5 aromatic rings. The van der Waals surface area contributed by atoms with E-state index in [9.17, 15) is 0 Å². The Morgan fingerprint density at radius 3 is 1.63 bits per heavy atom. The topological polar surface area (TPSA) is 12.0 Å². The predicted octanol–water partition coefficient (Wildman–Crippen LogP) is 7.05. The summed E-state index contributed by atoms with van der Waals surface area (Å²) in [4.78, 5) is 0. The van der Waals surface area contributed by atoms with Gasteiger partial charge in [-0.25, -0.2) is 0 Å². The fourth-order valence-electron chi connectivity index (χ4n) is 6.58. The predicted molar refractivity (Wildman–Crippen MR) is 162 cm³/mol. The highest BCUT2D eigenvalue weighted by molar-refractivity contribution is 7.80. The summed E-state index contributed by atoms with van der Waals surface area (Å²) in [6.07, 6.45) is 1.09. The lowest BCUT2D eigenvalue weighted by atomic mass is 9.61. The second kappa shape index (κ2) is 9.75.